The number of ketones is 1. The van der Waals surface area contributed by atoms with Gasteiger partial charge in [0.25, 0.3) is 0 Å². The number of thioether (sulfide) groups is 1. The Kier molecular flexibility index (Phi) is 6.72. The summed E-state index contributed by atoms with van der Waals surface area (Å²) >= 11 is 1.31. The van der Waals surface area contributed by atoms with Crippen molar-refractivity contribution in [1.29, 1.82) is 0 Å². The molecule has 4 rings (SSSR count). The lowest BCUT2D eigenvalue weighted by Gasteiger charge is -2.09. The topological polar surface area (TPSA) is 72.0 Å². The number of aromatic nitrogens is 2. The molecule has 4 aromatic rings. The van der Waals surface area contributed by atoms with E-state index in [0.717, 1.165) is 22.5 Å². The highest BCUT2D eigenvalue weighted by Crippen LogP contribution is 2.27. The SMILES string of the molecule is CC(=O)Nc1ccc(C(=O)CSc2nc(-c3ccccc3)cc(-c3ccccc3)n2)cc1. The van der Waals surface area contributed by atoms with E-state index >= 15 is 0 Å². The molecule has 0 atom stereocenters. The highest BCUT2D eigenvalue weighted by Gasteiger charge is 2.12. The van der Waals surface area contributed by atoms with Crippen molar-refractivity contribution in [2.45, 2.75) is 12.1 Å². The Balaban J connectivity index is 1.56. The van der Waals surface area contributed by atoms with Gasteiger partial charge in [-0.1, -0.05) is 72.4 Å². The Hall–Kier alpha value is -3.77. The Morgan fingerprint density at radius 1 is 0.781 bits per heavy atom. The Morgan fingerprint density at radius 2 is 1.31 bits per heavy atom. The average molecular weight is 440 g/mol. The molecule has 0 fully saturated rings. The normalized spacial score (nSPS) is 10.5. The summed E-state index contributed by atoms with van der Waals surface area (Å²) in [6.45, 7) is 1.45. The van der Waals surface area contributed by atoms with Crippen LogP contribution in [0.3, 0.4) is 0 Å². The predicted molar refractivity (Wildman–Crippen MR) is 129 cm³/mol. The number of carbonyl (C=O) groups is 2. The van der Waals surface area contributed by atoms with E-state index in [4.69, 9.17) is 9.97 Å². The minimum absolute atomic E-state index is 0.0284. The lowest BCUT2D eigenvalue weighted by atomic mass is 10.1. The first-order chi connectivity index (χ1) is 15.6. The van der Waals surface area contributed by atoms with E-state index in [1.54, 1.807) is 24.3 Å². The summed E-state index contributed by atoms with van der Waals surface area (Å²) in [5.74, 6) is 0.0371. The molecule has 0 saturated heterocycles. The summed E-state index contributed by atoms with van der Waals surface area (Å²) in [7, 11) is 0. The van der Waals surface area contributed by atoms with Crippen molar-refractivity contribution in [1.82, 2.24) is 9.97 Å². The van der Waals surface area contributed by atoms with Gasteiger partial charge in [-0.05, 0) is 30.3 Å². The minimum atomic E-state index is -0.149. The molecule has 1 heterocycles. The monoisotopic (exact) mass is 439 g/mol. The van der Waals surface area contributed by atoms with Crippen molar-refractivity contribution < 1.29 is 9.59 Å². The van der Waals surface area contributed by atoms with Gasteiger partial charge in [-0.15, -0.1) is 0 Å². The van der Waals surface area contributed by atoms with Gasteiger partial charge in [0.2, 0.25) is 5.91 Å². The van der Waals surface area contributed by atoms with Crippen molar-refractivity contribution in [3.8, 4) is 22.5 Å². The molecule has 0 radical (unpaired) electrons. The van der Waals surface area contributed by atoms with E-state index < -0.39 is 0 Å². The van der Waals surface area contributed by atoms with Crippen LogP contribution < -0.4 is 5.32 Å². The number of hydrogen-bond acceptors (Lipinski definition) is 5. The van der Waals surface area contributed by atoms with Crippen molar-refractivity contribution in [2.75, 3.05) is 11.1 Å². The summed E-state index contributed by atoms with van der Waals surface area (Å²) in [4.78, 5) is 33.2. The zero-order chi connectivity index (χ0) is 22.3. The highest BCUT2D eigenvalue weighted by molar-refractivity contribution is 7.99. The number of hydrogen-bond donors (Lipinski definition) is 1. The summed E-state index contributed by atoms with van der Waals surface area (Å²) in [6, 6.07) is 28.7. The van der Waals surface area contributed by atoms with Crippen LogP contribution in [0.1, 0.15) is 17.3 Å². The fraction of sp³-hybridized carbons (Fsp3) is 0.0769. The van der Waals surface area contributed by atoms with E-state index in [1.807, 2.05) is 66.7 Å². The van der Waals surface area contributed by atoms with Gasteiger partial charge in [0.15, 0.2) is 10.9 Å². The second kappa shape index (κ2) is 10.0. The zero-order valence-electron chi connectivity index (χ0n) is 17.5. The Labute approximate surface area is 190 Å². The molecule has 0 aliphatic carbocycles. The highest BCUT2D eigenvalue weighted by atomic mass is 32.2. The molecule has 3 aromatic carbocycles. The first kappa shape index (κ1) is 21.5. The van der Waals surface area contributed by atoms with Crippen molar-refractivity contribution in [3.05, 3.63) is 96.6 Å². The number of nitrogens with one attached hydrogen (secondary N) is 1. The largest absolute Gasteiger partial charge is 0.326 e. The van der Waals surface area contributed by atoms with Crippen LogP contribution in [0.4, 0.5) is 5.69 Å². The minimum Gasteiger partial charge on any atom is -0.326 e. The predicted octanol–water partition coefficient (Wildman–Crippen LogP) is 5.74. The fourth-order valence-corrected chi connectivity index (χ4v) is 3.91. The fourth-order valence-electron chi connectivity index (χ4n) is 3.16. The number of amides is 1. The van der Waals surface area contributed by atoms with E-state index in [-0.39, 0.29) is 17.4 Å². The summed E-state index contributed by atoms with van der Waals surface area (Å²) in [5, 5.41) is 3.25. The number of carbonyl (C=O) groups excluding carboxylic acids is 2. The number of Topliss-reactive ketones (excluding diaryl/α,β-unsaturated/α-hetero) is 1. The quantitative estimate of drug-likeness (QED) is 0.226. The molecule has 1 aromatic heterocycles. The van der Waals surface area contributed by atoms with Crippen LogP contribution in [0.5, 0.6) is 0 Å². The van der Waals surface area contributed by atoms with Crippen LogP contribution in [-0.2, 0) is 4.79 Å². The van der Waals surface area contributed by atoms with E-state index in [0.29, 0.717) is 16.4 Å². The molecule has 0 bridgehead atoms. The smallest absolute Gasteiger partial charge is 0.221 e. The molecule has 0 aliphatic rings. The molecule has 0 spiro atoms. The van der Waals surface area contributed by atoms with E-state index in [1.165, 1.54) is 18.7 Å². The van der Waals surface area contributed by atoms with E-state index in [2.05, 4.69) is 5.32 Å². The molecule has 32 heavy (non-hydrogen) atoms. The van der Waals surface area contributed by atoms with Gasteiger partial charge < -0.3 is 5.32 Å². The maximum atomic E-state index is 12.7. The van der Waals surface area contributed by atoms with Crippen LogP contribution in [0.25, 0.3) is 22.5 Å². The van der Waals surface area contributed by atoms with Crippen LogP contribution in [0.15, 0.2) is 96.2 Å². The van der Waals surface area contributed by atoms with Crippen LogP contribution in [-0.4, -0.2) is 27.4 Å². The van der Waals surface area contributed by atoms with Crippen LogP contribution in [0.2, 0.25) is 0 Å². The molecule has 158 valence electrons. The maximum absolute atomic E-state index is 12.7. The molecule has 0 aliphatic heterocycles. The van der Waals surface area contributed by atoms with Gasteiger partial charge >= 0.3 is 0 Å². The van der Waals surface area contributed by atoms with Gasteiger partial charge in [0.05, 0.1) is 17.1 Å². The average Bonchev–Trinajstić information content (AvgIpc) is 2.83. The summed E-state index contributed by atoms with van der Waals surface area (Å²) in [5.41, 5.74) is 4.85. The Morgan fingerprint density at radius 3 is 1.81 bits per heavy atom. The van der Waals surface area contributed by atoms with Crippen molar-refractivity contribution in [2.24, 2.45) is 0 Å². The molecule has 0 unspecified atom stereocenters. The van der Waals surface area contributed by atoms with Gasteiger partial charge in [-0.25, -0.2) is 9.97 Å². The third-order valence-corrected chi connectivity index (χ3v) is 5.55. The molecule has 1 N–H and O–H groups in total. The lowest BCUT2D eigenvalue weighted by molar-refractivity contribution is -0.114. The standard InChI is InChI=1S/C26H21N3O2S/c1-18(30)27-22-14-12-21(13-15-22)25(31)17-32-26-28-23(19-8-4-2-5-9-19)16-24(29-26)20-10-6-3-7-11-20/h2-16H,17H2,1H3,(H,27,30). The third-order valence-electron chi connectivity index (χ3n) is 4.70. The molecule has 6 heteroatoms. The number of nitrogens with zero attached hydrogens (tertiary/aromatic N) is 2. The van der Waals surface area contributed by atoms with Gasteiger partial charge in [0, 0.05) is 29.3 Å². The van der Waals surface area contributed by atoms with Crippen LogP contribution >= 0.6 is 11.8 Å². The van der Waals surface area contributed by atoms with Crippen molar-refractivity contribution >= 4 is 29.1 Å². The number of benzene rings is 3. The zero-order valence-corrected chi connectivity index (χ0v) is 18.3. The Bertz CT molecular complexity index is 1170. The van der Waals surface area contributed by atoms with Crippen LogP contribution in [0, 0.1) is 0 Å². The lowest BCUT2D eigenvalue weighted by Crippen LogP contribution is -2.07. The third kappa shape index (κ3) is 5.47. The molecule has 0 saturated carbocycles. The number of anilines is 1. The second-order valence-electron chi connectivity index (χ2n) is 7.12. The van der Waals surface area contributed by atoms with Gasteiger partial charge in [-0.2, -0.15) is 0 Å². The van der Waals surface area contributed by atoms with E-state index in [9.17, 15) is 9.59 Å². The molecular formula is C26H21N3O2S. The first-order valence-electron chi connectivity index (χ1n) is 10.1. The van der Waals surface area contributed by atoms with Gasteiger partial charge in [0.1, 0.15) is 0 Å². The maximum Gasteiger partial charge on any atom is 0.221 e. The van der Waals surface area contributed by atoms with Crippen molar-refractivity contribution in [3.63, 3.8) is 0 Å². The molecule has 1 amide bonds. The second-order valence-corrected chi connectivity index (χ2v) is 8.07. The van der Waals surface area contributed by atoms with Gasteiger partial charge in [-0.3, -0.25) is 9.59 Å². The molecule has 5 nitrogen and oxygen atoms in total. The molecular weight excluding hydrogens is 418 g/mol. The first-order valence-corrected chi connectivity index (χ1v) is 11.1. The summed E-state index contributed by atoms with van der Waals surface area (Å²) < 4.78 is 0. The number of rotatable bonds is 7. The summed E-state index contributed by atoms with van der Waals surface area (Å²) in [6.07, 6.45) is 0.